The van der Waals surface area contributed by atoms with Crippen molar-refractivity contribution in [1.82, 2.24) is 10.1 Å². The topological polar surface area (TPSA) is 57.4 Å². The fourth-order valence-corrected chi connectivity index (χ4v) is 2.87. The first-order valence-corrected chi connectivity index (χ1v) is 7.78. The maximum absolute atomic E-state index is 5.58. The first kappa shape index (κ1) is 15.0. The van der Waals surface area contributed by atoms with Gasteiger partial charge in [0.15, 0.2) is 0 Å². The zero-order chi connectivity index (χ0) is 15.5. The van der Waals surface area contributed by atoms with Crippen LogP contribution in [0.15, 0.2) is 22.7 Å². The van der Waals surface area contributed by atoms with Crippen LogP contribution < -0.4 is 4.74 Å². The normalized spacial score (nSPS) is 20.7. The minimum Gasteiger partial charge on any atom is -0.496 e. The molecule has 0 spiro atoms. The lowest BCUT2D eigenvalue weighted by atomic mass is 9.80. The number of aromatic nitrogens is 2. The first-order valence-electron chi connectivity index (χ1n) is 7.78. The van der Waals surface area contributed by atoms with Crippen molar-refractivity contribution < 1.29 is 14.0 Å². The van der Waals surface area contributed by atoms with Gasteiger partial charge in [0.1, 0.15) is 5.75 Å². The maximum Gasteiger partial charge on any atom is 0.227 e. The maximum atomic E-state index is 5.58. The Bertz CT molecular complexity index is 633. The molecule has 0 saturated heterocycles. The minimum atomic E-state index is 0.416. The van der Waals surface area contributed by atoms with Crippen molar-refractivity contribution in [3.8, 4) is 17.1 Å². The highest BCUT2D eigenvalue weighted by molar-refractivity contribution is 5.58. The van der Waals surface area contributed by atoms with Crippen LogP contribution in [-0.2, 0) is 11.2 Å². The predicted molar refractivity (Wildman–Crippen MR) is 82.9 cm³/mol. The number of hydrogen-bond acceptors (Lipinski definition) is 5. The molecule has 5 heteroatoms. The number of rotatable bonds is 6. The third-order valence-corrected chi connectivity index (χ3v) is 4.19. The highest BCUT2D eigenvalue weighted by Crippen LogP contribution is 2.33. The summed E-state index contributed by atoms with van der Waals surface area (Å²) in [6, 6.07) is 5.93. The van der Waals surface area contributed by atoms with Gasteiger partial charge >= 0.3 is 0 Å². The van der Waals surface area contributed by atoms with Gasteiger partial charge in [-0.1, -0.05) is 17.3 Å². The highest BCUT2D eigenvalue weighted by atomic mass is 16.5. The van der Waals surface area contributed by atoms with E-state index in [4.69, 9.17) is 14.0 Å². The Labute approximate surface area is 130 Å². The molecule has 1 aromatic carbocycles. The first-order chi connectivity index (χ1) is 10.7. The molecular weight excluding hydrogens is 280 g/mol. The molecule has 22 heavy (non-hydrogen) atoms. The van der Waals surface area contributed by atoms with Gasteiger partial charge < -0.3 is 14.0 Å². The fourth-order valence-electron chi connectivity index (χ4n) is 2.87. The quantitative estimate of drug-likeness (QED) is 0.818. The van der Waals surface area contributed by atoms with Crippen molar-refractivity contribution in [3.05, 3.63) is 29.7 Å². The predicted octanol–water partition coefficient (Wildman–Crippen LogP) is 3.41. The number of ether oxygens (including phenoxy) is 2. The average Bonchev–Trinajstić information content (AvgIpc) is 2.94. The van der Waals surface area contributed by atoms with Crippen LogP contribution in [-0.4, -0.2) is 30.0 Å². The summed E-state index contributed by atoms with van der Waals surface area (Å²) in [4.78, 5) is 4.50. The van der Waals surface area contributed by atoms with Crippen LogP contribution in [0.5, 0.6) is 5.75 Å². The Balaban J connectivity index is 1.64. The third kappa shape index (κ3) is 3.14. The molecule has 1 aliphatic carbocycles. The van der Waals surface area contributed by atoms with Gasteiger partial charge in [0.05, 0.1) is 13.2 Å². The van der Waals surface area contributed by atoms with Crippen LogP contribution in [0.25, 0.3) is 11.4 Å². The van der Waals surface area contributed by atoms with E-state index in [2.05, 4.69) is 10.1 Å². The molecule has 1 fully saturated rings. The lowest BCUT2D eigenvalue weighted by Crippen LogP contribution is -2.32. The molecule has 118 valence electrons. The Morgan fingerprint density at radius 2 is 2.14 bits per heavy atom. The fraction of sp³-hybridized carbons (Fsp3) is 0.529. The van der Waals surface area contributed by atoms with Crippen molar-refractivity contribution in [2.24, 2.45) is 5.92 Å². The Morgan fingerprint density at radius 1 is 1.32 bits per heavy atom. The van der Waals surface area contributed by atoms with E-state index in [9.17, 15) is 0 Å². The molecule has 1 heterocycles. The summed E-state index contributed by atoms with van der Waals surface area (Å²) in [5, 5.41) is 4.09. The van der Waals surface area contributed by atoms with E-state index < -0.39 is 0 Å². The molecule has 1 aromatic heterocycles. The SMILES string of the molecule is CCOC1CC(Cc2nc(-c3ccc(C)c(OC)c3)no2)C1. The molecule has 0 bridgehead atoms. The van der Waals surface area contributed by atoms with Crippen molar-refractivity contribution in [1.29, 1.82) is 0 Å². The van der Waals surface area contributed by atoms with Gasteiger partial charge in [-0.3, -0.25) is 0 Å². The summed E-state index contributed by atoms with van der Waals surface area (Å²) in [6.07, 6.45) is 3.42. The molecular formula is C17H22N2O3. The lowest BCUT2D eigenvalue weighted by molar-refractivity contribution is -0.0258. The van der Waals surface area contributed by atoms with E-state index in [0.717, 1.165) is 42.7 Å². The number of benzene rings is 1. The number of methoxy groups -OCH3 is 1. The van der Waals surface area contributed by atoms with Crippen LogP contribution in [0, 0.1) is 12.8 Å². The zero-order valence-corrected chi connectivity index (χ0v) is 13.3. The van der Waals surface area contributed by atoms with Gasteiger partial charge in [-0.05, 0) is 44.2 Å². The summed E-state index contributed by atoms with van der Waals surface area (Å²) in [5.74, 6) is 2.75. The van der Waals surface area contributed by atoms with Crippen LogP contribution in [0.2, 0.25) is 0 Å². The van der Waals surface area contributed by atoms with Crippen molar-refractivity contribution in [2.45, 2.75) is 39.2 Å². The van der Waals surface area contributed by atoms with Gasteiger partial charge in [-0.25, -0.2) is 0 Å². The smallest absolute Gasteiger partial charge is 0.227 e. The molecule has 1 aliphatic rings. The van der Waals surface area contributed by atoms with E-state index in [1.807, 2.05) is 32.0 Å². The summed E-state index contributed by atoms with van der Waals surface area (Å²) in [5.41, 5.74) is 2.00. The van der Waals surface area contributed by atoms with Gasteiger partial charge in [-0.15, -0.1) is 0 Å². The molecule has 0 atom stereocenters. The summed E-state index contributed by atoms with van der Waals surface area (Å²) >= 11 is 0. The van der Waals surface area contributed by atoms with E-state index in [1.54, 1.807) is 7.11 Å². The van der Waals surface area contributed by atoms with E-state index in [0.29, 0.717) is 23.7 Å². The number of nitrogens with zero attached hydrogens (tertiary/aromatic N) is 2. The van der Waals surface area contributed by atoms with Crippen LogP contribution in [0.4, 0.5) is 0 Å². The van der Waals surface area contributed by atoms with Crippen molar-refractivity contribution >= 4 is 0 Å². The minimum absolute atomic E-state index is 0.416. The molecule has 1 saturated carbocycles. The van der Waals surface area contributed by atoms with Crippen molar-refractivity contribution in [2.75, 3.05) is 13.7 Å². The van der Waals surface area contributed by atoms with E-state index in [1.165, 1.54) is 0 Å². The largest absolute Gasteiger partial charge is 0.496 e. The average molecular weight is 302 g/mol. The lowest BCUT2D eigenvalue weighted by Gasteiger charge is -2.33. The Morgan fingerprint density at radius 3 is 2.86 bits per heavy atom. The van der Waals surface area contributed by atoms with Crippen LogP contribution in [0.1, 0.15) is 31.2 Å². The van der Waals surface area contributed by atoms with E-state index in [-0.39, 0.29) is 0 Å². The second-order valence-electron chi connectivity index (χ2n) is 5.82. The van der Waals surface area contributed by atoms with Gasteiger partial charge in [0.25, 0.3) is 0 Å². The van der Waals surface area contributed by atoms with Crippen LogP contribution >= 0.6 is 0 Å². The van der Waals surface area contributed by atoms with Gasteiger partial charge in [-0.2, -0.15) is 4.98 Å². The molecule has 2 aromatic rings. The molecule has 0 amide bonds. The molecule has 3 rings (SSSR count). The molecule has 0 N–H and O–H groups in total. The summed E-state index contributed by atoms with van der Waals surface area (Å²) in [6.45, 7) is 4.83. The second kappa shape index (κ2) is 6.48. The van der Waals surface area contributed by atoms with Crippen LogP contribution in [0.3, 0.4) is 0 Å². The summed E-state index contributed by atoms with van der Waals surface area (Å²) in [7, 11) is 1.67. The molecule has 0 radical (unpaired) electrons. The van der Waals surface area contributed by atoms with E-state index >= 15 is 0 Å². The molecule has 5 nitrogen and oxygen atoms in total. The highest BCUT2D eigenvalue weighted by Gasteiger charge is 2.31. The zero-order valence-electron chi connectivity index (χ0n) is 13.3. The standard InChI is InChI=1S/C17H22N2O3/c1-4-21-14-7-12(8-14)9-16-18-17(19-22-16)13-6-5-11(2)15(10-13)20-3/h5-6,10,12,14H,4,7-9H2,1-3H3. The Hall–Kier alpha value is -1.88. The van der Waals surface area contributed by atoms with Crippen molar-refractivity contribution in [3.63, 3.8) is 0 Å². The molecule has 0 aliphatic heterocycles. The number of hydrogen-bond donors (Lipinski definition) is 0. The van der Waals surface area contributed by atoms with Gasteiger partial charge in [0.2, 0.25) is 11.7 Å². The van der Waals surface area contributed by atoms with Gasteiger partial charge in [0, 0.05) is 18.6 Å². The second-order valence-corrected chi connectivity index (χ2v) is 5.82. The number of aryl methyl sites for hydroxylation is 1. The monoisotopic (exact) mass is 302 g/mol. The molecule has 0 unspecified atom stereocenters. The third-order valence-electron chi connectivity index (χ3n) is 4.19. The Kier molecular flexibility index (Phi) is 4.43. The summed E-state index contributed by atoms with van der Waals surface area (Å²) < 4.78 is 16.3.